The second-order valence-corrected chi connectivity index (χ2v) is 3.65. The molecule has 0 aromatic heterocycles. The molecule has 0 aliphatic heterocycles. The molecule has 0 N–H and O–H groups in total. The molecule has 1 atom stereocenters. The van der Waals surface area contributed by atoms with Crippen molar-refractivity contribution in [3.63, 3.8) is 0 Å². The number of hydrogen-bond donors (Lipinski definition) is 0. The van der Waals surface area contributed by atoms with E-state index in [1.807, 2.05) is 13.8 Å². The Morgan fingerprint density at radius 3 is 2.22 bits per heavy atom. The number of nitroso groups, excluding NO2 is 1. The normalized spacial score (nSPS) is 17.4. The first-order valence-electron chi connectivity index (χ1n) is 3.01. The van der Waals surface area contributed by atoms with Crippen LogP contribution in [0.4, 0.5) is 0 Å². The van der Waals surface area contributed by atoms with Crippen LogP contribution in [-0.4, -0.2) is 5.00 Å². The fraction of sp³-hybridized carbons (Fsp3) is 1.00. The lowest BCUT2D eigenvalue weighted by Crippen LogP contribution is -2.14. The smallest absolute Gasteiger partial charge is 0.149 e. The standard InChI is InChI=1S/C6H12ClNO/c1-5(2)4-6(3,7)8-9/h5H,4H2,1-3H3. The largest absolute Gasteiger partial charge is 0.173 e. The van der Waals surface area contributed by atoms with E-state index in [2.05, 4.69) is 5.18 Å². The molecule has 0 amide bonds. The highest BCUT2D eigenvalue weighted by Crippen LogP contribution is 2.24. The van der Waals surface area contributed by atoms with Gasteiger partial charge >= 0.3 is 0 Å². The summed E-state index contributed by atoms with van der Waals surface area (Å²) in [5, 5.41) is 2.78. The van der Waals surface area contributed by atoms with E-state index in [0.29, 0.717) is 12.3 Å². The van der Waals surface area contributed by atoms with E-state index in [1.54, 1.807) is 6.92 Å². The highest BCUT2D eigenvalue weighted by molar-refractivity contribution is 6.23. The van der Waals surface area contributed by atoms with Crippen molar-refractivity contribution in [2.45, 2.75) is 32.2 Å². The zero-order valence-electron chi connectivity index (χ0n) is 6.02. The second kappa shape index (κ2) is 3.16. The first kappa shape index (κ1) is 8.89. The van der Waals surface area contributed by atoms with Crippen LogP contribution in [0.15, 0.2) is 5.18 Å². The molecule has 1 unspecified atom stereocenters. The van der Waals surface area contributed by atoms with Gasteiger partial charge in [0.25, 0.3) is 0 Å². The van der Waals surface area contributed by atoms with Gasteiger partial charge in [-0.1, -0.05) is 25.4 Å². The zero-order valence-corrected chi connectivity index (χ0v) is 6.77. The third kappa shape index (κ3) is 4.40. The molecule has 0 spiro atoms. The summed E-state index contributed by atoms with van der Waals surface area (Å²) in [7, 11) is 0. The molecule has 54 valence electrons. The molecule has 0 aromatic carbocycles. The number of hydrogen-bond acceptors (Lipinski definition) is 2. The Labute approximate surface area is 60.6 Å². The van der Waals surface area contributed by atoms with Crippen LogP contribution in [-0.2, 0) is 0 Å². The highest BCUT2D eigenvalue weighted by Gasteiger charge is 2.22. The van der Waals surface area contributed by atoms with Gasteiger partial charge in [-0.15, -0.1) is 4.91 Å². The first-order valence-corrected chi connectivity index (χ1v) is 3.39. The minimum absolute atomic E-state index is 0.421. The van der Waals surface area contributed by atoms with E-state index in [1.165, 1.54) is 0 Å². The van der Waals surface area contributed by atoms with Gasteiger partial charge in [-0.3, -0.25) is 0 Å². The van der Waals surface area contributed by atoms with Gasteiger partial charge in [0.2, 0.25) is 0 Å². The SMILES string of the molecule is CC(C)CC(C)(Cl)N=O. The van der Waals surface area contributed by atoms with E-state index in [4.69, 9.17) is 11.6 Å². The third-order valence-corrected chi connectivity index (χ3v) is 1.19. The lowest BCUT2D eigenvalue weighted by molar-refractivity contribution is 0.480. The molecule has 0 radical (unpaired) electrons. The molecule has 0 heterocycles. The van der Waals surface area contributed by atoms with Crippen LogP contribution in [0.2, 0.25) is 0 Å². The van der Waals surface area contributed by atoms with Gasteiger partial charge in [0.15, 0.2) is 5.00 Å². The third-order valence-electron chi connectivity index (χ3n) is 0.971. The first-order chi connectivity index (χ1) is 3.98. The van der Waals surface area contributed by atoms with Crippen LogP contribution >= 0.6 is 11.6 Å². The van der Waals surface area contributed by atoms with Crippen LogP contribution < -0.4 is 0 Å². The lowest BCUT2D eigenvalue weighted by Gasteiger charge is -2.14. The monoisotopic (exact) mass is 149 g/mol. The Morgan fingerprint density at radius 2 is 2.11 bits per heavy atom. The summed E-state index contributed by atoms with van der Waals surface area (Å²) in [6.45, 7) is 5.64. The van der Waals surface area contributed by atoms with Crippen molar-refractivity contribution in [1.29, 1.82) is 0 Å². The summed E-state index contributed by atoms with van der Waals surface area (Å²) >= 11 is 5.64. The van der Waals surface area contributed by atoms with Gasteiger partial charge in [-0.05, 0) is 24.4 Å². The van der Waals surface area contributed by atoms with E-state index in [0.717, 1.165) is 0 Å². The Hall–Kier alpha value is -0.110. The summed E-state index contributed by atoms with van der Waals surface area (Å²) in [4.78, 5) is 9.09. The number of alkyl halides is 1. The van der Waals surface area contributed by atoms with Crippen LogP contribution in [0.3, 0.4) is 0 Å². The predicted molar refractivity (Wildman–Crippen MR) is 39.5 cm³/mol. The molecular formula is C6H12ClNO. The fourth-order valence-electron chi connectivity index (χ4n) is 0.782. The average molecular weight is 150 g/mol. The van der Waals surface area contributed by atoms with Crippen molar-refractivity contribution in [3.05, 3.63) is 4.91 Å². The van der Waals surface area contributed by atoms with Gasteiger partial charge < -0.3 is 0 Å². The molecule has 0 fully saturated rings. The van der Waals surface area contributed by atoms with Crippen molar-refractivity contribution in [2.24, 2.45) is 11.1 Å². The number of rotatable bonds is 3. The summed E-state index contributed by atoms with van der Waals surface area (Å²) in [5.41, 5.74) is 0. The zero-order chi connectivity index (χ0) is 7.49. The van der Waals surface area contributed by atoms with Gasteiger partial charge in [-0.25, -0.2) is 0 Å². The summed E-state index contributed by atoms with van der Waals surface area (Å²) < 4.78 is 0. The topological polar surface area (TPSA) is 29.4 Å². The van der Waals surface area contributed by atoms with Crippen molar-refractivity contribution < 1.29 is 0 Å². The minimum atomic E-state index is -0.895. The lowest BCUT2D eigenvalue weighted by atomic mass is 10.1. The van der Waals surface area contributed by atoms with Crippen molar-refractivity contribution in [2.75, 3.05) is 0 Å². The van der Waals surface area contributed by atoms with Crippen LogP contribution in [0.1, 0.15) is 27.2 Å². The maximum atomic E-state index is 9.98. The van der Waals surface area contributed by atoms with E-state index in [9.17, 15) is 4.91 Å². The Bertz CT molecular complexity index is 101. The Balaban J connectivity index is 3.71. The maximum Gasteiger partial charge on any atom is 0.173 e. The number of halogens is 1. The van der Waals surface area contributed by atoms with Crippen LogP contribution in [0.25, 0.3) is 0 Å². The molecular weight excluding hydrogens is 138 g/mol. The van der Waals surface area contributed by atoms with Crippen molar-refractivity contribution in [3.8, 4) is 0 Å². The van der Waals surface area contributed by atoms with Crippen molar-refractivity contribution >= 4 is 11.6 Å². The van der Waals surface area contributed by atoms with Gasteiger partial charge in [0.1, 0.15) is 0 Å². The van der Waals surface area contributed by atoms with E-state index in [-0.39, 0.29) is 0 Å². The second-order valence-electron chi connectivity index (χ2n) is 2.83. The molecule has 0 aliphatic rings. The molecule has 3 heteroatoms. The van der Waals surface area contributed by atoms with Crippen molar-refractivity contribution in [1.82, 2.24) is 0 Å². The predicted octanol–water partition coefficient (Wildman–Crippen LogP) is 2.75. The molecule has 9 heavy (non-hydrogen) atoms. The van der Waals surface area contributed by atoms with Crippen LogP contribution in [0.5, 0.6) is 0 Å². The maximum absolute atomic E-state index is 9.98. The Kier molecular flexibility index (Phi) is 3.12. The fourth-order valence-corrected chi connectivity index (χ4v) is 1.09. The van der Waals surface area contributed by atoms with E-state index >= 15 is 0 Å². The summed E-state index contributed by atoms with van der Waals surface area (Å²) in [6.07, 6.45) is 0.637. The molecule has 2 nitrogen and oxygen atoms in total. The van der Waals surface area contributed by atoms with Gasteiger partial charge in [0, 0.05) is 0 Å². The molecule has 0 aliphatic carbocycles. The average Bonchev–Trinajstić information content (AvgIpc) is 1.63. The number of nitrogens with zero attached hydrogens (tertiary/aromatic N) is 1. The quantitative estimate of drug-likeness (QED) is 0.345. The molecule has 0 saturated carbocycles. The summed E-state index contributed by atoms with van der Waals surface area (Å²) in [6, 6.07) is 0. The van der Waals surface area contributed by atoms with Gasteiger partial charge in [-0.2, -0.15) is 0 Å². The highest BCUT2D eigenvalue weighted by atomic mass is 35.5. The molecule has 0 aromatic rings. The molecule has 0 rings (SSSR count). The minimum Gasteiger partial charge on any atom is -0.149 e. The van der Waals surface area contributed by atoms with E-state index < -0.39 is 5.00 Å². The van der Waals surface area contributed by atoms with Gasteiger partial charge in [0.05, 0.1) is 0 Å². The Morgan fingerprint density at radius 1 is 1.67 bits per heavy atom. The summed E-state index contributed by atoms with van der Waals surface area (Å²) in [5.74, 6) is 0.421. The molecule has 0 bridgehead atoms. The van der Waals surface area contributed by atoms with Crippen LogP contribution in [0, 0.1) is 10.8 Å². The molecule has 0 saturated heterocycles.